The fourth-order valence-corrected chi connectivity index (χ4v) is 5.68. The zero-order chi connectivity index (χ0) is 23.7. The van der Waals surface area contributed by atoms with Crippen LogP contribution >= 0.6 is 15.9 Å². The van der Waals surface area contributed by atoms with E-state index in [1.54, 1.807) is 0 Å². The summed E-state index contributed by atoms with van der Waals surface area (Å²) in [5.41, 5.74) is 2.55. The number of hydrogen-bond acceptors (Lipinski definition) is 5. The first-order chi connectivity index (χ1) is 16.4. The minimum absolute atomic E-state index is 0.0126. The van der Waals surface area contributed by atoms with Gasteiger partial charge in [-0.05, 0) is 42.5 Å². The summed E-state index contributed by atoms with van der Waals surface area (Å²) in [6, 6.07) is 19.0. The highest BCUT2D eigenvalue weighted by atomic mass is 79.9. The second kappa shape index (κ2) is 10.1. The number of benzene rings is 2. The van der Waals surface area contributed by atoms with E-state index in [0.29, 0.717) is 0 Å². The number of likely N-dealkylation sites (tertiary alicyclic amines) is 1. The van der Waals surface area contributed by atoms with E-state index in [1.165, 1.54) is 11.1 Å². The maximum absolute atomic E-state index is 12.4. The standard InChI is InChI=1S/C27H35BrN4O2/c1-19(2)24(33)29-23(21-6-4-3-5-7-21)12-15-31-16-13-27(14-17-31)25-32(26(30-27)34-25)18-20-8-10-22(28)11-9-20/h3-11,19,23,25-26,30H,12-18H2,1-2H3,(H,29,33). The largest absolute Gasteiger partial charge is 0.349 e. The predicted molar refractivity (Wildman–Crippen MR) is 137 cm³/mol. The van der Waals surface area contributed by atoms with Crippen molar-refractivity contribution in [3.05, 3.63) is 70.2 Å². The third-order valence-electron chi connectivity index (χ3n) is 7.55. The molecular weight excluding hydrogens is 492 g/mol. The van der Waals surface area contributed by atoms with Gasteiger partial charge in [0.1, 0.15) is 6.23 Å². The zero-order valence-electron chi connectivity index (χ0n) is 20.0. The molecule has 4 heterocycles. The molecule has 0 aromatic heterocycles. The molecule has 7 heteroatoms. The summed E-state index contributed by atoms with van der Waals surface area (Å²) in [6.07, 6.45) is 3.28. The molecule has 2 aromatic carbocycles. The maximum Gasteiger partial charge on any atom is 0.223 e. The van der Waals surface area contributed by atoms with Crippen molar-refractivity contribution >= 4 is 21.8 Å². The highest BCUT2D eigenvalue weighted by molar-refractivity contribution is 9.10. The van der Waals surface area contributed by atoms with Crippen LogP contribution in [0.5, 0.6) is 0 Å². The van der Waals surface area contributed by atoms with Gasteiger partial charge in [-0.1, -0.05) is 72.2 Å². The van der Waals surface area contributed by atoms with Crippen LogP contribution in [0.2, 0.25) is 0 Å². The quantitative estimate of drug-likeness (QED) is 0.538. The molecule has 0 saturated carbocycles. The van der Waals surface area contributed by atoms with Crippen molar-refractivity contribution in [2.75, 3.05) is 19.6 Å². The highest BCUT2D eigenvalue weighted by Crippen LogP contribution is 2.44. The minimum atomic E-state index is -0.0126. The second-order valence-corrected chi connectivity index (χ2v) is 11.1. The fraction of sp³-hybridized carbons (Fsp3) is 0.519. The molecule has 4 saturated heterocycles. The lowest BCUT2D eigenvalue weighted by atomic mass is 9.86. The Labute approximate surface area is 211 Å². The van der Waals surface area contributed by atoms with E-state index in [1.807, 2.05) is 32.0 Å². The lowest BCUT2D eigenvalue weighted by molar-refractivity contribution is -0.255. The van der Waals surface area contributed by atoms with E-state index in [4.69, 9.17) is 4.74 Å². The van der Waals surface area contributed by atoms with Gasteiger partial charge in [-0.2, -0.15) is 0 Å². The van der Waals surface area contributed by atoms with Crippen LogP contribution < -0.4 is 10.6 Å². The number of carbonyl (C=O) groups is 1. The molecule has 0 radical (unpaired) electrons. The van der Waals surface area contributed by atoms with Crippen molar-refractivity contribution in [2.45, 2.75) is 63.8 Å². The number of nitrogens with one attached hydrogen (secondary N) is 2. The van der Waals surface area contributed by atoms with E-state index in [9.17, 15) is 4.79 Å². The molecule has 0 aliphatic carbocycles. The van der Waals surface area contributed by atoms with Crippen LogP contribution in [0, 0.1) is 5.92 Å². The Morgan fingerprint density at radius 2 is 1.85 bits per heavy atom. The lowest BCUT2D eigenvalue weighted by Gasteiger charge is -2.45. The molecule has 4 aliphatic heterocycles. The van der Waals surface area contributed by atoms with Crippen LogP contribution in [0.25, 0.3) is 0 Å². The molecule has 2 aromatic rings. The van der Waals surface area contributed by atoms with Crippen LogP contribution in [0.15, 0.2) is 59.1 Å². The Bertz CT molecular complexity index is 976. The van der Waals surface area contributed by atoms with Crippen molar-refractivity contribution in [3.63, 3.8) is 0 Å². The third kappa shape index (κ3) is 4.95. The van der Waals surface area contributed by atoms with Crippen LogP contribution in [-0.4, -0.2) is 53.5 Å². The van der Waals surface area contributed by atoms with Crippen molar-refractivity contribution in [1.82, 2.24) is 20.4 Å². The van der Waals surface area contributed by atoms with Crippen molar-refractivity contribution < 1.29 is 9.53 Å². The molecule has 34 heavy (non-hydrogen) atoms. The molecule has 3 unspecified atom stereocenters. The second-order valence-electron chi connectivity index (χ2n) is 10.2. The smallest absolute Gasteiger partial charge is 0.223 e. The number of nitrogens with zero attached hydrogens (tertiary/aromatic N) is 2. The highest BCUT2D eigenvalue weighted by Gasteiger charge is 2.62. The normalized spacial score (nSPS) is 24.8. The van der Waals surface area contributed by atoms with Gasteiger partial charge in [0.15, 0.2) is 6.35 Å². The van der Waals surface area contributed by atoms with E-state index in [0.717, 1.165) is 49.9 Å². The van der Waals surface area contributed by atoms with Gasteiger partial charge in [-0.15, -0.1) is 0 Å². The fourth-order valence-electron chi connectivity index (χ4n) is 5.41. The van der Waals surface area contributed by atoms with Crippen molar-refractivity contribution in [1.29, 1.82) is 0 Å². The summed E-state index contributed by atoms with van der Waals surface area (Å²) in [7, 11) is 0. The number of carbonyl (C=O) groups excluding carboxylic acids is 1. The summed E-state index contributed by atoms with van der Waals surface area (Å²) < 4.78 is 7.26. The van der Waals surface area contributed by atoms with Gasteiger partial charge in [0.25, 0.3) is 0 Å². The number of amides is 1. The zero-order valence-corrected chi connectivity index (χ0v) is 21.6. The molecule has 2 N–H and O–H groups in total. The Morgan fingerprint density at radius 3 is 2.53 bits per heavy atom. The molecule has 3 atom stereocenters. The number of hydrogen-bond donors (Lipinski definition) is 2. The van der Waals surface area contributed by atoms with Crippen LogP contribution in [0.1, 0.15) is 50.3 Å². The minimum Gasteiger partial charge on any atom is -0.349 e. The first kappa shape index (κ1) is 23.9. The Morgan fingerprint density at radius 1 is 1.15 bits per heavy atom. The van der Waals surface area contributed by atoms with Gasteiger partial charge in [0.05, 0.1) is 11.6 Å². The average Bonchev–Trinajstić information content (AvgIpc) is 3.35. The average molecular weight is 528 g/mol. The van der Waals surface area contributed by atoms with Gasteiger partial charge in [-0.3, -0.25) is 10.1 Å². The van der Waals surface area contributed by atoms with Crippen LogP contribution in [-0.2, 0) is 16.1 Å². The summed E-state index contributed by atoms with van der Waals surface area (Å²) in [5, 5.41) is 7.05. The third-order valence-corrected chi connectivity index (χ3v) is 8.08. The SMILES string of the molecule is CC(C)C(=O)NC(CCN1CCC2(CC1)NC1OC2N1Cc1ccc(Br)cc1)c1ccccc1. The Hall–Kier alpha value is -1.77. The molecule has 4 fully saturated rings. The van der Waals surface area contributed by atoms with E-state index < -0.39 is 0 Å². The van der Waals surface area contributed by atoms with Gasteiger partial charge in [0.2, 0.25) is 5.91 Å². The van der Waals surface area contributed by atoms with E-state index in [-0.39, 0.29) is 36.0 Å². The molecule has 182 valence electrons. The van der Waals surface area contributed by atoms with E-state index in [2.05, 4.69) is 72.8 Å². The van der Waals surface area contributed by atoms with Crippen LogP contribution in [0.3, 0.4) is 0 Å². The van der Waals surface area contributed by atoms with Crippen molar-refractivity contribution in [3.8, 4) is 0 Å². The molecule has 2 bridgehead atoms. The molecule has 1 amide bonds. The Balaban J connectivity index is 1.15. The van der Waals surface area contributed by atoms with Gasteiger partial charge >= 0.3 is 0 Å². The number of halogens is 1. The summed E-state index contributed by atoms with van der Waals surface area (Å²) >= 11 is 3.52. The number of piperidine rings is 1. The summed E-state index contributed by atoms with van der Waals surface area (Å²) in [5.74, 6) is 0.103. The lowest BCUT2D eigenvalue weighted by Crippen LogP contribution is -2.58. The molecule has 4 aliphatic rings. The summed E-state index contributed by atoms with van der Waals surface area (Å²) in [4.78, 5) is 17.4. The topological polar surface area (TPSA) is 56.8 Å². The number of rotatable bonds is 8. The van der Waals surface area contributed by atoms with Gasteiger partial charge in [-0.25, -0.2) is 4.90 Å². The predicted octanol–water partition coefficient (Wildman–Crippen LogP) is 4.23. The van der Waals surface area contributed by atoms with Crippen LogP contribution in [0.4, 0.5) is 0 Å². The van der Waals surface area contributed by atoms with Gasteiger partial charge in [0, 0.05) is 36.6 Å². The molecule has 6 nitrogen and oxygen atoms in total. The summed E-state index contributed by atoms with van der Waals surface area (Å²) in [6.45, 7) is 7.88. The molecular formula is C27H35BrN4O2. The first-order valence-electron chi connectivity index (χ1n) is 12.4. The van der Waals surface area contributed by atoms with Crippen molar-refractivity contribution in [2.24, 2.45) is 5.92 Å². The first-order valence-corrected chi connectivity index (χ1v) is 13.2. The Kier molecular flexibility index (Phi) is 7.09. The number of ether oxygens (including phenoxy) is 1. The monoisotopic (exact) mass is 526 g/mol. The molecule has 1 spiro atoms. The van der Waals surface area contributed by atoms with E-state index >= 15 is 0 Å². The maximum atomic E-state index is 12.4. The molecule has 6 rings (SSSR count). The van der Waals surface area contributed by atoms with Gasteiger partial charge < -0.3 is 15.0 Å².